The fraction of sp³-hybridized carbons (Fsp3) is 0.500. The van der Waals surface area contributed by atoms with Crippen molar-refractivity contribution in [1.29, 1.82) is 5.26 Å². The van der Waals surface area contributed by atoms with Crippen LogP contribution in [0.2, 0.25) is 0 Å². The third-order valence-electron chi connectivity index (χ3n) is 3.46. The SMILES string of the molecule is COC1CCCCC1(C#N)Nc1ccccc1. The molecule has 90 valence electrons. The molecule has 1 aliphatic rings. The standard InChI is InChI=1S/C14H18N2O/c1-17-13-9-5-6-10-14(13,11-15)16-12-7-3-2-4-8-12/h2-4,7-8,13,16H,5-6,9-10H2,1H3. The minimum Gasteiger partial charge on any atom is -0.378 e. The van der Waals surface area contributed by atoms with E-state index in [-0.39, 0.29) is 6.10 Å². The van der Waals surface area contributed by atoms with Crippen LogP contribution in [0.4, 0.5) is 5.69 Å². The molecule has 0 heterocycles. The van der Waals surface area contributed by atoms with Crippen LogP contribution in [-0.2, 0) is 4.74 Å². The molecule has 0 aliphatic heterocycles. The Morgan fingerprint density at radius 3 is 2.76 bits per heavy atom. The molecule has 0 bridgehead atoms. The average Bonchev–Trinajstić information content (AvgIpc) is 2.40. The van der Waals surface area contributed by atoms with Gasteiger partial charge in [-0.05, 0) is 31.4 Å². The van der Waals surface area contributed by atoms with Crippen LogP contribution in [0.5, 0.6) is 0 Å². The van der Waals surface area contributed by atoms with Gasteiger partial charge in [-0.1, -0.05) is 24.6 Å². The third-order valence-corrected chi connectivity index (χ3v) is 3.46. The highest BCUT2D eigenvalue weighted by atomic mass is 16.5. The van der Waals surface area contributed by atoms with Gasteiger partial charge in [-0.25, -0.2) is 0 Å². The number of anilines is 1. The summed E-state index contributed by atoms with van der Waals surface area (Å²) in [7, 11) is 1.69. The highest BCUT2D eigenvalue weighted by molar-refractivity contribution is 5.48. The second kappa shape index (κ2) is 5.20. The molecule has 0 aromatic heterocycles. The van der Waals surface area contributed by atoms with Gasteiger partial charge < -0.3 is 10.1 Å². The molecule has 17 heavy (non-hydrogen) atoms. The smallest absolute Gasteiger partial charge is 0.151 e. The number of methoxy groups -OCH3 is 1. The first-order valence-corrected chi connectivity index (χ1v) is 6.08. The lowest BCUT2D eigenvalue weighted by Gasteiger charge is -2.39. The number of nitriles is 1. The lowest BCUT2D eigenvalue weighted by atomic mass is 9.80. The summed E-state index contributed by atoms with van der Waals surface area (Å²) >= 11 is 0. The Bertz CT molecular complexity index is 398. The van der Waals surface area contributed by atoms with Gasteiger partial charge in [-0.3, -0.25) is 0 Å². The Morgan fingerprint density at radius 2 is 2.12 bits per heavy atom. The quantitative estimate of drug-likeness (QED) is 0.868. The molecule has 3 heteroatoms. The molecular weight excluding hydrogens is 212 g/mol. The zero-order valence-electron chi connectivity index (χ0n) is 10.1. The number of hydrogen-bond acceptors (Lipinski definition) is 3. The second-order valence-corrected chi connectivity index (χ2v) is 4.54. The predicted molar refractivity (Wildman–Crippen MR) is 67.7 cm³/mol. The maximum absolute atomic E-state index is 9.51. The summed E-state index contributed by atoms with van der Waals surface area (Å²) in [6.07, 6.45) is 3.98. The van der Waals surface area contributed by atoms with E-state index in [0.29, 0.717) is 0 Å². The summed E-state index contributed by atoms with van der Waals surface area (Å²) in [6.45, 7) is 0. The molecular formula is C14H18N2O. The molecule has 1 aromatic rings. The van der Waals surface area contributed by atoms with Gasteiger partial charge in [0.2, 0.25) is 0 Å². The van der Waals surface area contributed by atoms with Gasteiger partial charge in [0.1, 0.15) is 0 Å². The molecule has 1 aromatic carbocycles. The van der Waals surface area contributed by atoms with Crippen LogP contribution in [0.25, 0.3) is 0 Å². The van der Waals surface area contributed by atoms with Crippen LogP contribution in [0.3, 0.4) is 0 Å². The van der Waals surface area contributed by atoms with Crippen molar-refractivity contribution in [3.05, 3.63) is 30.3 Å². The maximum Gasteiger partial charge on any atom is 0.151 e. The Hall–Kier alpha value is -1.53. The van der Waals surface area contributed by atoms with Gasteiger partial charge in [-0.15, -0.1) is 0 Å². The predicted octanol–water partition coefficient (Wildman–Crippen LogP) is 2.95. The lowest BCUT2D eigenvalue weighted by Crippen LogP contribution is -2.51. The Labute approximate surface area is 102 Å². The monoisotopic (exact) mass is 230 g/mol. The van der Waals surface area contributed by atoms with Gasteiger partial charge in [0.15, 0.2) is 5.54 Å². The molecule has 0 spiro atoms. The first kappa shape index (κ1) is 11.9. The minimum atomic E-state index is -0.575. The van der Waals surface area contributed by atoms with E-state index in [1.807, 2.05) is 30.3 Å². The fourth-order valence-corrected chi connectivity index (χ4v) is 2.54. The zero-order valence-corrected chi connectivity index (χ0v) is 10.1. The van der Waals surface area contributed by atoms with Crippen molar-refractivity contribution < 1.29 is 4.74 Å². The van der Waals surface area contributed by atoms with E-state index in [4.69, 9.17) is 4.74 Å². The number of nitrogens with one attached hydrogen (secondary N) is 1. The zero-order chi connectivity index (χ0) is 12.1. The number of para-hydroxylation sites is 1. The van der Waals surface area contributed by atoms with Crippen LogP contribution in [0.1, 0.15) is 25.7 Å². The number of ether oxygens (including phenoxy) is 1. The summed E-state index contributed by atoms with van der Waals surface area (Å²) < 4.78 is 5.49. The number of rotatable bonds is 3. The van der Waals surface area contributed by atoms with Crippen molar-refractivity contribution >= 4 is 5.69 Å². The van der Waals surface area contributed by atoms with Gasteiger partial charge in [-0.2, -0.15) is 5.26 Å². The van der Waals surface area contributed by atoms with Crippen LogP contribution in [-0.4, -0.2) is 18.8 Å². The first-order valence-electron chi connectivity index (χ1n) is 6.08. The molecule has 3 nitrogen and oxygen atoms in total. The molecule has 1 saturated carbocycles. The van der Waals surface area contributed by atoms with Crippen LogP contribution in [0.15, 0.2) is 30.3 Å². The van der Waals surface area contributed by atoms with Crippen LogP contribution in [0, 0.1) is 11.3 Å². The number of hydrogen-bond donors (Lipinski definition) is 1. The molecule has 0 saturated heterocycles. The normalized spacial score (nSPS) is 28.4. The van der Waals surface area contributed by atoms with Crippen molar-refractivity contribution in [1.82, 2.24) is 0 Å². The van der Waals surface area contributed by atoms with E-state index >= 15 is 0 Å². The molecule has 2 rings (SSSR count). The molecule has 0 radical (unpaired) electrons. The van der Waals surface area contributed by atoms with E-state index < -0.39 is 5.54 Å². The van der Waals surface area contributed by atoms with E-state index in [9.17, 15) is 5.26 Å². The van der Waals surface area contributed by atoms with Crippen molar-refractivity contribution in [3.63, 3.8) is 0 Å². The molecule has 1 fully saturated rings. The van der Waals surface area contributed by atoms with E-state index in [0.717, 1.165) is 31.4 Å². The summed E-state index contributed by atoms with van der Waals surface area (Å²) in [4.78, 5) is 0. The summed E-state index contributed by atoms with van der Waals surface area (Å²) in [5.74, 6) is 0. The first-order chi connectivity index (χ1) is 8.30. The number of benzene rings is 1. The molecule has 0 amide bonds. The van der Waals surface area contributed by atoms with Crippen molar-refractivity contribution in [2.75, 3.05) is 12.4 Å². The summed E-state index contributed by atoms with van der Waals surface area (Å²) in [5, 5.41) is 12.9. The van der Waals surface area contributed by atoms with Crippen molar-refractivity contribution in [2.24, 2.45) is 0 Å². The summed E-state index contributed by atoms with van der Waals surface area (Å²) in [5.41, 5.74) is 0.409. The van der Waals surface area contributed by atoms with Gasteiger partial charge in [0.25, 0.3) is 0 Å². The minimum absolute atomic E-state index is 0.0264. The fourth-order valence-electron chi connectivity index (χ4n) is 2.54. The summed E-state index contributed by atoms with van der Waals surface area (Å²) in [6, 6.07) is 12.3. The Kier molecular flexibility index (Phi) is 3.65. The lowest BCUT2D eigenvalue weighted by molar-refractivity contribution is 0.0370. The largest absolute Gasteiger partial charge is 0.378 e. The molecule has 2 unspecified atom stereocenters. The van der Waals surface area contributed by atoms with Crippen LogP contribution < -0.4 is 5.32 Å². The highest BCUT2D eigenvalue weighted by Crippen LogP contribution is 2.33. The van der Waals surface area contributed by atoms with E-state index in [2.05, 4.69) is 11.4 Å². The van der Waals surface area contributed by atoms with Crippen molar-refractivity contribution in [2.45, 2.75) is 37.3 Å². The van der Waals surface area contributed by atoms with Gasteiger partial charge in [0.05, 0.1) is 12.2 Å². The second-order valence-electron chi connectivity index (χ2n) is 4.54. The average molecular weight is 230 g/mol. The van der Waals surface area contributed by atoms with Crippen LogP contribution >= 0.6 is 0 Å². The van der Waals surface area contributed by atoms with Crippen molar-refractivity contribution in [3.8, 4) is 6.07 Å². The topological polar surface area (TPSA) is 45.0 Å². The maximum atomic E-state index is 9.51. The van der Waals surface area contributed by atoms with E-state index in [1.54, 1.807) is 7.11 Å². The molecule has 1 N–H and O–H groups in total. The van der Waals surface area contributed by atoms with Gasteiger partial charge in [0, 0.05) is 12.8 Å². The number of nitrogens with zero attached hydrogens (tertiary/aromatic N) is 1. The Balaban J connectivity index is 2.21. The van der Waals surface area contributed by atoms with E-state index in [1.165, 1.54) is 0 Å². The molecule has 2 atom stereocenters. The molecule has 1 aliphatic carbocycles. The highest BCUT2D eigenvalue weighted by Gasteiger charge is 2.41. The Morgan fingerprint density at radius 1 is 1.35 bits per heavy atom. The van der Waals surface area contributed by atoms with Gasteiger partial charge >= 0.3 is 0 Å². The third kappa shape index (κ3) is 2.42.